The lowest BCUT2D eigenvalue weighted by Crippen LogP contribution is -2.47. The molecule has 2 rings (SSSR count). The standard InChI is InChI=1S/C8H14N2O2/c1-6(11)10-4-7-8(5-10)12-3-2-9-7/h7-9H,2-5H2,1H3/t7-,8?/m1/s1. The van der Waals surface area contributed by atoms with Gasteiger partial charge in [-0.3, -0.25) is 4.79 Å². The number of rotatable bonds is 0. The molecule has 68 valence electrons. The van der Waals surface area contributed by atoms with E-state index in [1.807, 2.05) is 4.90 Å². The van der Waals surface area contributed by atoms with E-state index in [0.717, 1.165) is 26.2 Å². The van der Waals surface area contributed by atoms with Crippen LogP contribution in [0.25, 0.3) is 0 Å². The Bertz CT molecular complexity index is 181. The van der Waals surface area contributed by atoms with E-state index in [4.69, 9.17) is 4.74 Å². The third-order valence-corrected chi connectivity index (χ3v) is 2.55. The smallest absolute Gasteiger partial charge is 0.219 e. The van der Waals surface area contributed by atoms with Gasteiger partial charge in [-0.2, -0.15) is 0 Å². The highest BCUT2D eigenvalue weighted by Gasteiger charge is 2.36. The number of nitrogens with one attached hydrogen (secondary N) is 1. The molecule has 1 unspecified atom stereocenters. The van der Waals surface area contributed by atoms with Crippen LogP contribution in [0.2, 0.25) is 0 Å². The SMILES string of the molecule is CC(=O)N1CC2OCCN[C@@H]2C1. The van der Waals surface area contributed by atoms with Crippen molar-refractivity contribution < 1.29 is 9.53 Å². The predicted octanol–water partition coefficient (Wildman–Crippen LogP) is -0.794. The normalized spacial score (nSPS) is 34.9. The summed E-state index contributed by atoms with van der Waals surface area (Å²) in [7, 11) is 0. The number of hydrogen-bond donors (Lipinski definition) is 1. The first-order chi connectivity index (χ1) is 5.77. The summed E-state index contributed by atoms with van der Waals surface area (Å²) in [5, 5.41) is 3.35. The van der Waals surface area contributed by atoms with E-state index in [1.54, 1.807) is 6.92 Å². The number of carbonyl (C=O) groups is 1. The summed E-state index contributed by atoms with van der Waals surface area (Å²) in [6.07, 6.45) is 0.225. The maximum Gasteiger partial charge on any atom is 0.219 e. The van der Waals surface area contributed by atoms with Crippen LogP contribution < -0.4 is 5.32 Å². The van der Waals surface area contributed by atoms with Gasteiger partial charge in [0.15, 0.2) is 0 Å². The van der Waals surface area contributed by atoms with E-state index in [-0.39, 0.29) is 12.0 Å². The predicted molar refractivity (Wildman–Crippen MR) is 43.8 cm³/mol. The molecule has 0 spiro atoms. The molecule has 0 aromatic heterocycles. The molecule has 0 saturated carbocycles. The molecule has 2 heterocycles. The summed E-state index contributed by atoms with van der Waals surface area (Å²) in [6, 6.07) is 0.364. The third-order valence-electron chi connectivity index (χ3n) is 2.55. The highest BCUT2D eigenvalue weighted by molar-refractivity contribution is 5.73. The Hall–Kier alpha value is -0.610. The van der Waals surface area contributed by atoms with Crippen molar-refractivity contribution in [3.63, 3.8) is 0 Å². The molecule has 2 aliphatic rings. The molecular formula is C8H14N2O2. The minimum Gasteiger partial charge on any atom is -0.373 e. The molecule has 0 bridgehead atoms. The summed E-state index contributed by atoms with van der Waals surface area (Å²) in [4.78, 5) is 12.9. The number of ether oxygens (including phenoxy) is 1. The molecule has 0 aliphatic carbocycles. The van der Waals surface area contributed by atoms with Crippen LogP contribution in [0, 0.1) is 0 Å². The maximum atomic E-state index is 11.0. The molecule has 0 aromatic rings. The maximum absolute atomic E-state index is 11.0. The van der Waals surface area contributed by atoms with E-state index in [2.05, 4.69) is 5.32 Å². The number of morpholine rings is 1. The Balaban J connectivity index is 1.98. The second-order valence-electron chi connectivity index (χ2n) is 3.39. The summed E-state index contributed by atoms with van der Waals surface area (Å²) in [6.45, 7) is 4.85. The van der Waals surface area contributed by atoms with Gasteiger partial charge in [0.2, 0.25) is 5.91 Å². The second-order valence-corrected chi connectivity index (χ2v) is 3.39. The zero-order valence-corrected chi connectivity index (χ0v) is 7.25. The van der Waals surface area contributed by atoms with Gasteiger partial charge in [-0.05, 0) is 0 Å². The number of likely N-dealkylation sites (tertiary alicyclic amines) is 1. The van der Waals surface area contributed by atoms with Crippen molar-refractivity contribution in [1.29, 1.82) is 0 Å². The van der Waals surface area contributed by atoms with Gasteiger partial charge >= 0.3 is 0 Å². The highest BCUT2D eigenvalue weighted by atomic mass is 16.5. The van der Waals surface area contributed by atoms with Crippen LogP contribution in [-0.4, -0.2) is 49.2 Å². The van der Waals surface area contributed by atoms with Crippen molar-refractivity contribution in [1.82, 2.24) is 10.2 Å². The zero-order chi connectivity index (χ0) is 8.55. The fraction of sp³-hybridized carbons (Fsp3) is 0.875. The van der Waals surface area contributed by atoms with Crippen molar-refractivity contribution in [3.8, 4) is 0 Å². The fourth-order valence-electron chi connectivity index (χ4n) is 1.85. The Morgan fingerprint density at radius 1 is 1.58 bits per heavy atom. The quantitative estimate of drug-likeness (QED) is 0.518. The summed E-state index contributed by atoms with van der Waals surface area (Å²) in [5.74, 6) is 0.148. The topological polar surface area (TPSA) is 41.6 Å². The van der Waals surface area contributed by atoms with Gasteiger partial charge in [0.1, 0.15) is 0 Å². The average Bonchev–Trinajstić information content (AvgIpc) is 2.46. The molecule has 1 amide bonds. The van der Waals surface area contributed by atoms with Gasteiger partial charge in [0.05, 0.1) is 18.8 Å². The van der Waals surface area contributed by atoms with Crippen LogP contribution in [0.4, 0.5) is 0 Å². The first-order valence-electron chi connectivity index (χ1n) is 4.38. The first-order valence-corrected chi connectivity index (χ1v) is 4.38. The summed E-state index contributed by atoms with van der Waals surface area (Å²) in [5.41, 5.74) is 0. The highest BCUT2D eigenvalue weighted by Crippen LogP contribution is 2.15. The van der Waals surface area contributed by atoms with E-state index in [0.29, 0.717) is 6.04 Å². The lowest BCUT2D eigenvalue weighted by molar-refractivity contribution is -0.128. The van der Waals surface area contributed by atoms with Crippen LogP contribution in [0.15, 0.2) is 0 Å². The largest absolute Gasteiger partial charge is 0.373 e. The molecule has 0 aromatic carbocycles. The van der Waals surface area contributed by atoms with Crippen molar-refractivity contribution in [2.75, 3.05) is 26.2 Å². The van der Waals surface area contributed by atoms with Crippen LogP contribution in [0.3, 0.4) is 0 Å². The molecule has 2 aliphatic heterocycles. The fourth-order valence-corrected chi connectivity index (χ4v) is 1.85. The van der Waals surface area contributed by atoms with Gasteiger partial charge in [0, 0.05) is 26.6 Å². The Morgan fingerprint density at radius 3 is 3.08 bits per heavy atom. The van der Waals surface area contributed by atoms with Gasteiger partial charge in [-0.25, -0.2) is 0 Å². The van der Waals surface area contributed by atoms with E-state index in [9.17, 15) is 4.79 Å². The summed E-state index contributed by atoms with van der Waals surface area (Å²) >= 11 is 0. The van der Waals surface area contributed by atoms with Crippen molar-refractivity contribution in [3.05, 3.63) is 0 Å². The number of nitrogens with zero attached hydrogens (tertiary/aromatic N) is 1. The molecule has 0 radical (unpaired) electrons. The van der Waals surface area contributed by atoms with E-state index in [1.165, 1.54) is 0 Å². The number of amides is 1. The lowest BCUT2D eigenvalue weighted by Gasteiger charge is -2.25. The van der Waals surface area contributed by atoms with Crippen LogP contribution in [-0.2, 0) is 9.53 Å². The van der Waals surface area contributed by atoms with E-state index < -0.39 is 0 Å². The Morgan fingerprint density at radius 2 is 2.42 bits per heavy atom. The molecule has 2 fully saturated rings. The number of carbonyl (C=O) groups excluding carboxylic acids is 1. The molecule has 12 heavy (non-hydrogen) atoms. The minimum absolute atomic E-state index is 0.148. The molecule has 1 N–H and O–H groups in total. The minimum atomic E-state index is 0.148. The molecular weight excluding hydrogens is 156 g/mol. The molecule has 4 heteroatoms. The summed E-state index contributed by atoms with van der Waals surface area (Å²) < 4.78 is 5.53. The van der Waals surface area contributed by atoms with Crippen LogP contribution in [0.5, 0.6) is 0 Å². The van der Waals surface area contributed by atoms with Crippen molar-refractivity contribution >= 4 is 5.91 Å². The lowest BCUT2D eigenvalue weighted by atomic mass is 10.2. The third kappa shape index (κ3) is 1.32. The molecule has 4 nitrogen and oxygen atoms in total. The van der Waals surface area contributed by atoms with Gasteiger partial charge in [-0.15, -0.1) is 0 Å². The Kier molecular flexibility index (Phi) is 2.02. The molecule has 2 atom stereocenters. The average molecular weight is 170 g/mol. The van der Waals surface area contributed by atoms with Crippen molar-refractivity contribution in [2.24, 2.45) is 0 Å². The van der Waals surface area contributed by atoms with Crippen LogP contribution in [0.1, 0.15) is 6.92 Å². The van der Waals surface area contributed by atoms with Gasteiger partial charge in [0.25, 0.3) is 0 Å². The second kappa shape index (κ2) is 3.03. The van der Waals surface area contributed by atoms with Crippen molar-refractivity contribution in [2.45, 2.75) is 19.1 Å². The first kappa shape index (κ1) is 8.01. The Labute approximate surface area is 71.9 Å². The van der Waals surface area contributed by atoms with Gasteiger partial charge in [-0.1, -0.05) is 0 Å². The monoisotopic (exact) mass is 170 g/mol. The molecule has 2 saturated heterocycles. The zero-order valence-electron chi connectivity index (χ0n) is 7.25. The number of hydrogen-bond acceptors (Lipinski definition) is 3. The van der Waals surface area contributed by atoms with E-state index >= 15 is 0 Å². The number of fused-ring (bicyclic) bond motifs is 1. The van der Waals surface area contributed by atoms with Gasteiger partial charge < -0.3 is 15.0 Å². The van der Waals surface area contributed by atoms with Crippen LogP contribution >= 0.6 is 0 Å².